The SMILES string of the molecule is CC1(C)c2ccccc2-c2ccc(N(c3ccccc3)c3ccc(-c4cccc5c4-c4ccccc4C54c5ccccc5-c5c(-c6ccc7c(c6)c6ccccc6n7-c6ccccc6)cccc54)cc3N(c3ccccc3)c3ccc4c(c3)C(C)(C)c3ccccc3-4)cc21. The van der Waals surface area contributed by atoms with Crippen molar-refractivity contribution in [2.24, 2.45) is 0 Å². The molecule has 0 amide bonds. The fourth-order valence-corrected chi connectivity index (χ4v) is 17.4. The third-order valence-electron chi connectivity index (χ3n) is 21.6. The van der Waals surface area contributed by atoms with Gasteiger partial charge in [-0.3, -0.25) is 0 Å². The number of fused-ring (bicyclic) bond motifs is 19. The zero-order valence-electron chi connectivity index (χ0n) is 52.9. The largest absolute Gasteiger partial charge is 0.309 e. The van der Waals surface area contributed by atoms with Gasteiger partial charge in [-0.25, -0.2) is 0 Å². The highest BCUT2D eigenvalue weighted by Crippen LogP contribution is 2.66. The lowest BCUT2D eigenvalue weighted by Crippen LogP contribution is -2.25. The number of nitrogens with zero attached hydrogens (tertiary/aromatic N) is 3. The fraction of sp³-hybridized carbons (Fsp3) is 0.0769. The highest BCUT2D eigenvalue weighted by molar-refractivity contribution is 6.12. The van der Waals surface area contributed by atoms with Gasteiger partial charge in [-0.2, -0.15) is 0 Å². The zero-order valence-corrected chi connectivity index (χ0v) is 52.9. The molecule has 1 aromatic heterocycles. The Labute approximate surface area is 549 Å². The molecule has 444 valence electrons. The van der Waals surface area contributed by atoms with Crippen molar-refractivity contribution in [3.8, 4) is 72.4 Å². The second-order valence-electron chi connectivity index (χ2n) is 27.1. The highest BCUT2D eigenvalue weighted by Gasteiger charge is 2.53. The quantitative estimate of drug-likeness (QED) is 0.143. The topological polar surface area (TPSA) is 11.4 Å². The highest BCUT2D eigenvalue weighted by atomic mass is 15.2. The molecule has 14 aromatic carbocycles. The van der Waals surface area contributed by atoms with Gasteiger partial charge < -0.3 is 14.4 Å². The van der Waals surface area contributed by atoms with Crippen LogP contribution in [0.3, 0.4) is 0 Å². The summed E-state index contributed by atoms with van der Waals surface area (Å²) in [5.41, 5.74) is 34.7. The predicted octanol–water partition coefficient (Wildman–Crippen LogP) is 24.0. The molecule has 4 aliphatic rings. The zero-order chi connectivity index (χ0) is 62.6. The number of rotatable bonds is 9. The number of aromatic nitrogens is 1. The van der Waals surface area contributed by atoms with Crippen molar-refractivity contribution in [3.63, 3.8) is 0 Å². The molecule has 0 saturated heterocycles. The van der Waals surface area contributed by atoms with Gasteiger partial charge in [-0.05, 0) is 202 Å². The Morgan fingerprint density at radius 1 is 0.245 bits per heavy atom. The summed E-state index contributed by atoms with van der Waals surface area (Å²) in [5, 5.41) is 2.49. The molecule has 15 aromatic rings. The first-order valence-electron chi connectivity index (χ1n) is 33.1. The normalized spacial score (nSPS) is 15.2. The van der Waals surface area contributed by atoms with Crippen LogP contribution in [0.2, 0.25) is 0 Å². The third-order valence-corrected chi connectivity index (χ3v) is 21.6. The van der Waals surface area contributed by atoms with Crippen LogP contribution < -0.4 is 9.80 Å². The van der Waals surface area contributed by atoms with Gasteiger partial charge in [0.1, 0.15) is 0 Å². The third kappa shape index (κ3) is 7.55. The van der Waals surface area contributed by atoms with Gasteiger partial charge >= 0.3 is 0 Å². The minimum Gasteiger partial charge on any atom is -0.309 e. The molecule has 4 aliphatic carbocycles. The average Bonchev–Trinajstić information content (AvgIpc) is 1.50. The van der Waals surface area contributed by atoms with Gasteiger partial charge in [0, 0.05) is 50.0 Å². The van der Waals surface area contributed by atoms with Gasteiger partial charge in [-0.15, -0.1) is 0 Å². The summed E-state index contributed by atoms with van der Waals surface area (Å²) in [5.74, 6) is 0. The summed E-state index contributed by atoms with van der Waals surface area (Å²) in [6.07, 6.45) is 0. The summed E-state index contributed by atoms with van der Waals surface area (Å²) in [7, 11) is 0. The molecule has 1 spiro atoms. The Bertz CT molecular complexity index is 5630. The van der Waals surface area contributed by atoms with Crippen LogP contribution >= 0.6 is 0 Å². The maximum atomic E-state index is 2.53. The molecular weight excluding hydrogens is 1140 g/mol. The Morgan fingerprint density at radius 3 is 1.20 bits per heavy atom. The standard InChI is InChI=1S/C91H65N3/c1-89(2)75-39-19-14-32-67(75)69-50-48-63(56-81(69)89)92(60-26-8-5-9-27-60)85-53-47-59(55-86(85)93(61-28-10-6-11-29-61)64-49-51-70-68-33-15-20-40-76(68)90(3,4)82(70)57-64)66-38-25-44-80-88(66)73-36-17-22-42-78(73)91(80)77-41-21-16-35-72(77)87-65(37-24-43-79(87)91)58-46-52-84-74(54-58)71-34-18-23-45-83(71)94(84)62-30-12-7-13-31-62/h5-57H,1-4H3. The molecule has 1 atom stereocenters. The molecule has 0 aliphatic heterocycles. The van der Waals surface area contributed by atoms with Gasteiger partial charge in [0.15, 0.2) is 0 Å². The van der Waals surface area contributed by atoms with Crippen molar-refractivity contribution in [1.29, 1.82) is 0 Å². The Balaban J connectivity index is 0.841. The van der Waals surface area contributed by atoms with E-state index in [9.17, 15) is 0 Å². The first-order chi connectivity index (χ1) is 46.2. The summed E-state index contributed by atoms with van der Waals surface area (Å²) in [4.78, 5) is 5.03. The molecule has 94 heavy (non-hydrogen) atoms. The van der Waals surface area contributed by atoms with Gasteiger partial charge in [0.25, 0.3) is 0 Å². The van der Waals surface area contributed by atoms with Crippen LogP contribution in [0.1, 0.15) is 72.2 Å². The van der Waals surface area contributed by atoms with Gasteiger partial charge in [0.05, 0.1) is 27.8 Å². The van der Waals surface area contributed by atoms with E-state index >= 15 is 0 Å². The number of benzene rings is 14. The molecule has 1 unspecified atom stereocenters. The lowest BCUT2D eigenvalue weighted by molar-refractivity contribution is 0.660. The smallest absolute Gasteiger partial charge is 0.0725 e. The van der Waals surface area contributed by atoms with Crippen molar-refractivity contribution < 1.29 is 0 Å². The van der Waals surface area contributed by atoms with E-state index in [1.54, 1.807) is 0 Å². The maximum absolute atomic E-state index is 2.53. The van der Waals surface area contributed by atoms with Crippen LogP contribution in [0, 0.1) is 0 Å². The van der Waals surface area contributed by atoms with Gasteiger partial charge in [0.2, 0.25) is 0 Å². The van der Waals surface area contributed by atoms with E-state index in [1.807, 2.05) is 0 Å². The van der Waals surface area contributed by atoms with E-state index in [0.29, 0.717) is 0 Å². The van der Waals surface area contributed by atoms with E-state index in [1.165, 1.54) is 128 Å². The minimum atomic E-state index is -0.601. The molecule has 0 fully saturated rings. The van der Waals surface area contributed by atoms with E-state index in [2.05, 4.69) is 364 Å². The number of anilines is 6. The second kappa shape index (κ2) is 20.2. The molecule has 0 radical (unpaired) electrons. The van der Waals surface area contributed by atoms with Crippen LogP contribution in [-0.2, 0) is 16.2 Å². The molecule has 0 N–H and O–H groups in total. The molecule has 3 heteroatoms. The monoisotopic (exact) mass is 1200 g/mol. The van der Waals surface area contributed by atoms with E-state index in [4.69, 9.17) is 0 Å². The first-order valence-corrected chi connectivity index (χ1v) is 33.1. The van der Waals surface area contributed by atoms with E-state index < -0.39 is 5.41 Å². The maximum Gasteiger partial charge on any atom is 0.0725 e. The van der Waals surface area contributed by atoms with Crippen LogP contribution in [0.5, 0.6) is 0 Å². The molecule has 0 saturated carbocycles. The van der Waals surface area contributed by atoms with Crippen LogP contribution in [0.4, 0.5) is 34.1 Å². The van der Waals surface area contributed by atoms with E-state index in [0.717, 1.165) is 45.4 Å². The van der Waals surface area contributed by atoms with Crippen molar-refractivity contribution in [1.82, 2.24) is 4.57 Å². The average molecular weight is 1200 g/mol. The molecule has 0 bridgehead atoms. The van der Waals surface area contributed by atoms with Crippen molar-refractivity contribution in [2.45, 2.75) is 43.9 Å². The summed E-state index contributed by atoms with van der Waals surface area (Å²) in [6, 6.07) is 121. The van der Waals surface area contributed by atoms with Crippen molar-refractivity contribution in [3.05, 3.63) is 366 Å². The Kier molecular flexibility index (Phi) is 11.7. The lowest BCUT2D eigenvalue weighted by Gasteiger charge is -2.35. The minimum absolute atomic E-state index is 0.203. The molecule has 19 rings (SSSR count). The van der Waals surface area contributed by atoms with Gasteiger partial charge in [-0.1, -0.05) is 258 Å². The number of hydrogen-bond donors (Lipinski definition) is 0. The summed E-state index contributed by atoms with van der Waals surface area (Å²) >= 11 is 0. The lowest BCUT2D eigenvalue weighted by atomic mass is 9.70. The van der Waals surface area contributed by atoms with E-state index in [-0.39, 0.29) is 10.8 Å². The van der Waals surface area contributed by atoms with Crippen LogP contribution in [0.15, 0.2) is 322 Å². The summed E-state index contributed by atoms with van der Waals surface area (Å²) < 4.78 is 2.41. The Hall–Kier alpha value is -11.5. The predicted molar refractivity (Wildman–Crippen MR) is 392 cm³/mol. The molecule has 3 nitrogen and oxygen atoms in total. The molecule has 1 heterocycles. The van der Waals surface area contributed by atoms with Crippen molar-refractivity contribution in [2.75, 3.05) is 9.80 Å². The molecular formula is C91H65N3. The Morgan fingerprint density at radius 2 is 0.649 bits per heavy atom. The first kappa shape index (κ1) is 54.2. The van der Waals surface area contributed by atoms with Crippen molar-refractivity contribution >= 4 is 55.9 Å². The summed E-state index contributed by atoms with van der Waals surface area (Å²) in [6.45, 7) is 9.54. The van der Waals surface area contributed by atoms with Crippen LogP contribution in [0.25, 0.3) is 94.3 Å². The number of para-hydroxylation sites is 4. The number of hydrogen-bond acceptors (Lipinski definition) is 2. The van der Waals surface area contributed by atoms with Crippen LogP contribution in [-0.4, -0.2) is 4.57 Å². The fourth-order valence-electron chi connectivity index (χ4n) is 17.4. The second-order valence-corrected chi connectivity index (χ2v) is 27.1.